The van der Waals surface area contributed by atoms with Crippen molar-refractivity contribution in [2.45, 2.75) is 25.4 Å². The van der Waals surface area contributed by atoms with E-state index < -0.39 is 6.04 Å². The average Bonchev–Trinajstić information content (AvgIpc) is 3.33. The van der Waals surface area contributed by atoms with Crippen LogP contribution in [-0.2, 0) is 29.6 Å². The van der Waals surface area contributed by atoms with Gasteiger partial charge in [-0.05, 0) is 18.2 Å². The fraction of sp³-hybridized carbons (Fsp3) is 0.381. The molecule has 2 aromatic heterocycles. The molecule has 0 aliphatic carbocycles. The van der Waals surface area contributed by atoms with Crippen LogP contribution in [0.1, 0.15) is 17.8 Å². The van der Waals surface area contributed by atoms with Crippen molar-refractivity contribution in [2.24, 2.45) is 7.05 Å². The molecular formula is C21H25N5O3. The standard InChI is InChI=1S/C21H25N5O3/c1-25-17-5-3-2-4-16(17)24-19(25)6-8-22-20(27)12-18-21(28)23-9-10-26(18)13-15-7-11-29-14-15/h2-5,7,11,14,18H,6,8-10,12-13H2,1H3,(H,22,27)(H,23,28). The molecule has 0 spiro atoms. The van der Waals surface area contributed by atoms with Crippen LogP contribution in [0.5, 0.6) is 0 Å². The summed E-state index contributed by atoms with van der Waals surface area (Å²) >= 11 is 0. The zero-order valence-corrected chi connectivity index (χ0v) is 16.4. The number of aryl methyl sites for hydroxylation is 1. The molecule has 2 amide bonds. The third-order valence-corrected chi connectivity index (χ3v) is 5.34. The van der Waals surface area contributed by atoms with E-state index in [1.54, 1.807) is 12.5 Å². The van der Waals surface area contributed by atoms with Gasteiger partial charge in [0, 0.05) is 45.2 Å². The summed E-state index contributed by atoms with van der Waals surface area (Å²) in [4.78, 5) is 31.5. The first-order valence-electron chi connectivity index (χ1n) is 9.81. The Labute approximate surface area is 168 Å². The molecule has 1 aromatic carbocycles. The van der Waals surface area contributed by atoms with E-state index in [0.717, 1.165) is 22.4 Å². The van der Waals surface area contributed by atoms with Crippen molar-refractivity contribution in [2.75, 3.05) is 19.6 Å². The first-order valence-corrected chi connectivity index (χ1v) is 9.81. The van der Waals surface area contributed by atoms with Crippen LogP contribution >= 0.6 is 0 Å². The molecule has 3 aromatic rings. The Morgan fingerprint density at radius 2 is 2.21 bits per heavy atom. The Morgan fingerprint density at radius 1 is 1.34 bits per heavy atom. The number of amides is 2. The predicted octanol–water partition coefficient (Wildman–Crippen LogP) is 1.22. The number of piperazine rings is 1. The number of nitrogens with one attached hydrogen (secondary N) is 2. The summed E-state index contributed by atoms with van der Waals surface area (Å²) < 4.78 is 7.16. The maximum Gasteiger partial charge on any atom is 0.237 e. The van der Waals surface area contributed by atoms with Crippen molar-refractivity contribution < 1.29 is 14.0 Å². The fourth-order valence-corrected chi connectivity index (χ4v) is 3.77. The molecule has 0 bridgehead atoms. The number of hydrogen-bond donors (Lipinski definition) is 2. The highest BCUT2D eigenvalue weighted by Gasteiger charge is 2.31. The van der Waals surface area contributed by atoms with Gasteiger partial charge in [-0.1, -0.05) is 12.1 Å². The summed E-state index contributed by atoms with van der Waals surface area (Å²) in [7, 11) is 1.98. The zero-order chi connectivity index (χ0) is 20.2. The van der Waals surface area contributed by atoms with Gasteiger partial charge in [-0.15, -0.1) is 0 Å². The number of benzene rings is 1. The number of carbonyl (C=O) groups excluding carboxylic acids is 2. The molecule has 4 rings (SSSR count). The molecule has 1 unspecified atom stereocenters. The molecule has 8 nitrogen and oxygen atoms in total. The fourth-order valence-electron chi connectivity index (χ4n) is 3.77. The highest BCUT2D eigenvalue weighted by molar-refractivity contribution is 5.88. The minimum Gasteiger partial charge on any atom is -0.472 e. The van der Waals surface area contributed by atoms with Crippen molar-refractivity contribution in [3.63, 3.8) is 0 Å². The summed E-state index contributed by atoms with van der Waals surface area (Å²) in [5.74, 6) is 0.678. The van der Waals surface area contributed by atoms with Gasteiger partial charge in [-0.3, -0.25) is 14.5 Å². The van der Waals surface area contributed by atoms with Gasteiger partial charge < -0.3 is 19.6 Å². The topological polar surface area (TPSA) is 92.4 Å². The van der Waals surface area contributed by atoms with Crippen LogP contribution in [0.3, 0.4) is 0 Å². The van der Waals surface area contributed by atoms with Crippen LogP contribution in [0, 0.1) is 0 Å². The molecule has 1 fully saturated rings. The minimum atomic E-state index is -0.477. The van der Waals surface area contributed by atoms with Crippen molar-refractivity contribution in [3.8, 4) is 0 Å². The van der Waals surface area contributed by atoms with Crippen molar-refractivity contribution in [1.29, 1.82) is 0 Å². The maximum atomic E-state index is 12.5. The summed E-state index contributed by atoms with van der Waals surface area (Å²) in [6, 6.07) is 9.36. The second-order valence-corrected chi connectivity index (χ2v) is 7.29. The molecule has 1 aliphatic heterocycles. The molecule has 0 radical (unpaired) electrons. The average molecular weight is 395 g/mol. The van der Waals surface area contributed by atoms with Crippen LogP contribution < -0.4 is 10.6 Å². The highest BCUT2D eigenvalue weighted by Crippen LogP contribution is 2.15. The van der Waals surface area contributed by atoms with Gasteiger partial charge in [0.2, 0.25) is 11.8 Å². The largest absolute Gasteiger partial charge is 0.472 e. The molecule has 3 heterocycles. The molecular weight excluding hydrogens is 370 g/mol. The van der Waals surface area contributed by atoms with Gasteiger partial charge in [0.15, 0.2) is 0 Å². The van der Waals surface area contributed by atoms with E-state index in [-0.39, 0.29) is 18.2 Å². The second-order valence-electron chi connectivity index (χ2n) is 7.29. The van der Waals surface area contributed by atoms with Gasteiger partial charge >= 0.3 is 0 Å². The normalized spacial score (nSPS) is 17.4. The molecule has 1 saturated heterocycles. The van der Waals surface area contributed by atoms with Crippen LogP contribution in [0.2, 0.25) is 0 Å². The summed E-state index contributed by atoms with van der Waals surface area (Å²) in [6.45, 7) is 2.35. The molecule has 29 heavy (non-hydrogen) atoms. The van der Waals surface area contributed by atoms with Crippen molar-refractivity contribution in [1.82, 2.24) is 25.1 Å². The van der Waals surface area contributed by atoms with Crippen LogP contribution in [0.15, 0.2) is 47.3 Å². The summed E-state index contributed by atoms with van der Waals surface area (Å²) in [6.07, 6.45) is 4.04. The minimum absolute atomic E-state index is 0.106. The molecule has 8 heteroatoms. The number of fused-ring (bicyclic) bond motifs is 1. The maximum absolute atomic E-state index is 12.5. The zero-order valence-electron chi connectivity index (χ0n) is 16.4. The van der Waals surface area contributed by atoms with E-state index in [2.05, 4.69) is 15.6 Å². The Kier molecular flexibility index (Phi) is 5.62. The number of furan rings is 1. The number of imidazole rings is 1. The molecule has 1 atom stereocenters. The van der Waals surface area contributed by atoms with Crippen LogP contribution in [0.25, 0.3) is 11.0 Å². The Bertz CT molecular complexity index is 995. The third-order valence-electron chi connectivity index (χ3n) is 5.34. The van der Waals surface area contributed by atoms with E-state index in [1.165, 1.54) is 0 Å². The third kappa shape index (κ3) is 4.32. The first-order chi connectivity index (χ1) is 14.1. The van der Waals surface area contributed by atoms with E-state index in [4.69, 9.17) is 4.42 Å². The van der Waals surface area contributed by atoms with Gasteiger partial charge in [0.05, 0.1) is 36.0 Å². The molecule has 1 aliphatic rings. The SMILES string of the molecule is Cn1c(CCNC(=O)CC2C(=O)NCCN2Cc2ccoc2)nc2ccccc21. The smallest absolute Gasteiger partial charge is 0.237 e. The van der Waals surface area contributed by atoms with E-state index in [0.29, 0.717) is 32.6 Å². The lowest BCUT2D eigenvalue weighted by atomic mass is 10.1. The summed E-state index contributed by atoms with van der Waals surface area (Å²) in [5.41, 5.74) is 3.01. The number of nitrogens with zero attached hydrogens (tertiary/aromatic N) is 3. The molecule has 152 valence electrons. The molecule has 0 saturated carbocycles. The van der Waals surface area contributed by atoms with E-state index in [9.17, 15) is 9.59 Å². The number of aromatic nitrogens is 2. The lowest BCUT2D eigenvalue weighted by molar-refractivity contribution is -0.134. The highest BCUT2D eigenvalue weighted by atomic mass is 16.3. The molecule has 2 N–H and O–H groups in total. The van der Waals surface area contributed by atoms with E-state index in [1.807, 2.05) is 46.8 Å². The lowest BCUT2D eigenvalue weighted by Crippen LogP contribution is -2.56. The van der Waals surface area contributed by atoms with Gasteiger partial charge in [0.25, 0.3) is 0 Å². The van der Waals surface area contributed by atoms with Crippen molar-refractivity contribution >= 4 is 22.8 Å². The number of carbonyl (C=O) groups is 2. The number of hydrogen-bond acceptors (Lipinski definition) is 5. The van der Waals surface area contributed by atoms with Gasteiger partial charge in [-0.2, -0.15) is 0 Å². The monoisotopic (exact) mass is 395 g/mol. The Morgan fingerprint density at radius 3 is 3.00 bits per heavy atom. The van der Waals surface area contributed by atoms with Gasteiger partial charge in [-0.25, -0.2) is 4.98 Å². The number of rotatable bonds is 7. The predicted molar refractivity (Wildman–Crippen MR) is 108 cm³/mol. The van der Waals surface area contributed by atoms with Gasteiger partial charge in [0.1, 0.15) is 5.82 Å². The van der Waals surface area contributed by atoms with E-state index >= 15 is 0 Å². The first kappa shape index (κ1) is 19.2. The lowest BCUT2D eigenvalue weighted by Gasteiger charge is -2.34. The Hall–Kier alpha value is -3.13. The Balaban J connectivity index is 1.32. The quantitative estimate of drug-likeness (QED) is 0.628. The van der Waals surface area contributed by atoms with Crippen molar-refractivity contribution in [3.05, 3.63) is 54.2 Å². The van der Waals surface area contributed by atoms with Crippen LogP contribution in [0.4, 0.5) is 0 Å². The number of para-hydroxylation sites is 2. The summed E-state index contributed by atoms with van der Waals surface area (Å²) in [5, 5.41) is 5.79. The second kappa shape index (κ2) is 8.48. The van der Waals surface area contributed by atoms with Crippen LogP contribution in [-0.4, -0.2) is 51.9 Å².